The van der Waals surface area contributed by atoms with E-state index in [1.807, 2.05) is 6.92 Å². The smallest absolute Gasteiger partial charge is 0.231 e. The van der Waals surface area contributed by atoms with Gasteiger partial charge in [-0.3, -0.25) is 4.90 Å². The van der Waals surface area contributed by atoms with E-state index in [1.54, 1.807) is 0 Å². The number of nitrogens with zero attached hydrogens (tertiary/aromatic N) is 3. The van der Waals surface area contributed by atoms with Crippen LogP contribution in [0.3, 0.4) is 0 Å². The molecule has 1 unspecified atom stereocenters. The molecule has 1 aliphatic carbocycles. The lowest BCUT2D eigenvalue weighted by Gasteiger charge is -2.26. The van der Waals surface area contributed by atoms with Crippen molar-refractivity contribution >= 4 is 0 Å². The van der Waals surface area contributed by atoms with Crippen LogP contribution in [0.1, 0.15) is 62.6 Å². The van der Waals surface area contributed by atoms with Gasteiger partial charge in [0.1, 0.15) is 0 Å². The van der Waals surface area contributed by atoms with E-state index in [0.717, 1.165) is 24.3 Å². The van der Waals surface area contributed by atoms with Crippen LogP contribution in [0.4, 0.5) is 0 Å². The van der Waals surface area contributed by atoms with Gasteiger partial charge in [-0.15, -0.1) is 0 Å². The van der Waals surface area contributed by atoms with Gasteiger partial charge in [0, 0.05) is 12.6 Å². The Kier molecular flexibility index (Phi) is 3.64. The first kappa shape index (κ1) is 12.2. The molecule has 18 heavy (non-hydrogen) atoms. The van der Waals surface area contributed by atoms with Gasteiger partial charge in [0.05, 0.1) is 5.92 Å². The Morgan fingerprint density at radius 2 is 1.89 bits per heavy atom. The Morgan fingerprint density at radius 3 is 2.56 bits per heavy atom. The van der Waals surface area contributed by atoms with Gasteiger partial charge < -0.3 is 4.52 Å². The fourth-order valence-electron chi connectivity index (χ4n) is 3.42. The molecule has 0 aromatic carbocycles. The second-order valence-corrected chi connectivity index (χ2v) is 5.81. The molecule has 1 aliphatic heterocycles. The summed E-state index contributed by atoms with van der Waals surface area (Å²) >= 11 is 0. The number of hydrogen-bond acceptors (Lipinski definition) is 4. The highest BCUT2D eigenvalue weighted by Gasteiger charge is 2.32. The summed E-state index contributed by atoms with van der Waals surface area (Å²) in [6, 6.07) is 0.807. The van der Waals surface area contributed by atoms with Crippen LogP contribution in [0.5, 0.6) is 0 Å². The van der Waals surface area contributed by atoms with Gasteiger partial charge >= 0.3 is 0 Å². The number of rotatable bonds is 2. The highest BCUT2D eigenvalue weighted by Crippen LogP contribution is 2.31. The van der Waals surface area contributed by atoms with Gasteiger partial charge in [-0.05, 0) is 32.7 Å². The number of aryl methyl sites for hydroxylation is 1. The Bertz CT molecular complexity index is 382. The predicted octanol–water partition coefficient (Wildman–Crippen LogP) is 2.89. The molecule has 100 valence electrons. The van der Waals surface area contributed by atoms with E-state index in [2.05, 4.69) is 15.0 Å². The molecule has 1 aromatic rings. The maximum Gasteiger partial charge on any atom is 0.231 e. The minimum atomic E-state index is 0.467. The Morgan fingerprint density at radius 1 is 1.11 bits per heavy atom. The maximum absolute atomic E-state index is 5.32. The summed E-state index contributed by atoms with van der Waals surface area (Å²) in [7, 11) is 0. The van der Waals surface area contributed by atoms with Crippen LogP contribution >= 0.6 is 0 Å². The molecule has 0 radical (unpaired) electrons. The molecule has 3 rings (SSSR count). The van der Waals surface area contributed by atoms with Crippen molar-refractivity contribution in [1.82, 2.24) is 15.0 Å². The Hall–Kier alpha value is -0.900. The van der Waals surface area contributed by atoms with Crippen molar-refractivity contribution in [3.63, 3.8) is 0 Å². The molecule has 4 heteroatoms. The SMILES string of the molecule is Cc1noc(C2CCN(C3CCCCCC3)C2)n1. The van der Waals surface area contributed by atoms with Crippen LogP contribution in [0.25, 0.3) is 0 Å². The minimum Gasteiger partial charge on any atom is -0.339 e. The molecule has 0 spiro atoms. The third-order valence-electron chi connectivity index (χ3n) is 4.45. The van der Waals surface area contributed by atoms with Crippen molar-refractivity contribution in [2.45, 2.75) is 63.8 Å². The van der Waals surface area contributed by atoms with Gasteiger partial charge in [-0.25, -0.2) is 0 Å². The first-order valence-corrected chi connectivity index (χ1v) is 7.37. The van der Waals surface area contributed by atoms with Gasteiger partial charge in [0.2, 0.25) is 5.89 Å². The van der Waals surface area contributed by atoms with Gasteiger partial charge in [0.25, 0.3) is 0 Å². The highest BCUT2D eigenvalue weighted by atomic mass is 16.5. The van der Waals surface area contributed by atoms with Crippen LogP contribution in [0, 0.1) is 6.92 Å². The van der Waals surface area contributed by atoms with E-state index < -0.39 is 0 Å². The molecule has 2 heterocycles. The number of aromatic nitrogens is 2. The van der Waals surface area contributed by atoms with E-state index in [4.69, 9.17) is 4.52 Å². The molecule has 4 nitrogen and oxygen atoms in total. The lowest BCUT2D eigenvalue weighted by atomic mass is 10.1. The van der Waals surface area contributed by atoms with Gasteiger partial charge in [-0.2, -0.15) is 4.98 Å². The van der Waals surface area contributed by atoms with Crippen molar-refractivity contribution < 1.29 is 4.52 Å². The van der Waals surface area contributed by atoms with Crippen molar-refractivity contribution in [2.75, 3.05) is 13.1 Å². The topological polar surface area (TPSA) is 42.2 Å². The van der Waals surface area contributed by atoms with E-state index in [0.29, 0.717) is 5.92 Å². The maximum atomic E-state index is 5.32. The average molecular weight is 249 g/mol. The molecule has 1 atom stereocenters. The lowest BCUT2D eigenvalue weighted by Crippen LogP contribution is -2.32. The number of likely N-dealkylation sites (tertiary alicyclic amines) is 1. The lowest BCUT2D eigenvalue weighted by molar-refractivity contribution is 0.215. The fraction of sp³-hybridized carbons (Fsp3) is 0.857. The summed E-state index contributed by atoms with van der Waals surface area (Å²) < 4.78 is 5.32. The monoisotopic (exact) mass is 249 g/mol. The molecule has 0 bridgehead atoms. The molecule has 0 N–H and O–H groups in total. The van der Waals surface area contributed by atoms with E-state index >= 15 is 0 Å². The van der Waals surface area contributed by atoms with Crippen LogP contribution in [0.2, 0.25) is 0 Å². The number of hydrogen-bond donors (Lipinski definition) is 0. The summed E-state index contributed by atoms with van der Waals surface area (Å²) in [5.74, 6) is 2.08. The second kappa shape index (κ2) is 5.39. The average Bonchev–Trinajstić information content (AvgIpc) is 2.92. The molecular weight excluding hydrogens is 226 g/mol. The summed E-state index contributed by atoms with van der Waals surface area (Å²) in [5, 5.41) is 3.91. The molecule has 1 saturated carbocycles. The summed E-state index contributed by atoms with van der Waals surface area (Å²) in [4.78, 5) is 7.05. The molecule has 1 saturated heterocycles. The third kappa shape index (κ3) is 2.58. The van der Waals surface area contributed by atoms with Crippen LogP contribution in [-0.4, -0.2) is 34.2 Å². The fourth-order valence-corrected chi connectivity index (χ4v) is 3.42. The second-order valence-electron chi connectivity index (χ2n) is 5.81. The molecule has 2 aliphatic rings. The zero-order chi connectivity index (χ0) is 12.4. The zero-order valence-electron chi connectivity index (χ0n) is 11.3. The summed E-state index contributed by atoms with van der Waals surface area (Å²) in [5.41, 5.74) is 0. The normalized spacial score (nSPS) is 27.5. The summed E-state index contributed by atoms with van der Waals surface area (Å²) in [6.45, 7) is 4.22. The summed E-state index contributed by atoms with van der Waals surface area (Å²) in [6.07, 6.45) is 9.62. The minimum absolute atomic E-state index is 0.467. The van der Waals surface area contributed by atoms with Crippen molar-refractivity contribution in [1.29, 1.82) is 0 Å². The first-order chi connectivity index (χ1) is 8.83. The quantitative estimate of drug-likeness (QED) is 0.756. The zero-order valence-corrected chi connectivity index (χ0v) is 11.3. The van der Waals surface area contributed by atoms with Gasteiger partial charge in [0.15, 0.2) is 5.82 Å². The van der Waals surface area contributed by atoms with E-state index in [-0.39, 0.29) is 0 Å². The molecule has 0 amide bonds. The van der Waals surface area contributed by atoms with Crippen molar-refractivity contribution in [3.8, 4) is 0 Å². The third-order valence-corrected chi connectivity index (χ3v) is 4.45. The van der Waals surface area contributed by atoms with E-state index in [9.17, 15) is 0 Å². The molecule has 1 aromatic heterocycles. The standard InChI is InChI=1S/C14H23N3O/c1-11-15-14(18-16-11)12-8-9-17(10-12)13-6-4-2-3-5-7-13/h12-13H,2-10H2,1H3. The Labute approximate surface area is 109 Å². The first-order valence-electron chi connectivity index (χ1n) is 7.37. The van der Waals surface area contributed by atoms with Crippen LogP contribution < -0.4 is 0 Å². The molecule has 2 fully saturated rings. The highest BCUT2D eigenvalue weighted by molar-refractivity contribution is 4.99. The van der Waals surface area contributed by atoms with Crippen LogP contribution in [-0.2, 0) is 0 Å². The van der Waals surface area contributed by atoms with E-state index in [1.165, 1.54) is 51.5 Å². The Balaban J connectivity index is 1.60. The van der Waals surface area contributed by atoms with Gasteiger partial charge in [-0.1, -0.05) is 30.8 Å². The van der Waals surface area contributed by atoms with Crippen LogP contribution in [0.15, 0.2) is 4.52 Å². The predicted molar refractivity (Wildman–Crippen MR) is 69.5 cm³/mol. The largest absolute Gasteiger partial charge is 0.339 e. The van der Waals surface area contributed by atoms with Crippen molar-refractivity contribution in [3.05, 3.63) is 11.7 Å². The van der Waals surface area contributed by atoms with Crippen molar-refractivity contribution in [2.24, 2.45) is 0 Å². The molecular formula is C14H23N3O.